The van der Waals surface area contributed by atoms with Gasteiger partial charge in [0, 0.05) is 17.6 Å². The SMILES string of the molecule is CCCCNC(=O)C(C)N(Cc1ccc(Cl)c(Cl)c1)C(=O)CN(c1ccc(Br)cc1)S(=O)(=O)c1ccc(C)cc1. The second kappa shape index (κ2) is 14.3. The average Bonchev–Trinajstić information content (AvgIpc) is 2.92. The Morgan fingerprint density at radius 1 is 0.975 bits per heavy atom. The van der Waals surface area contributed by atoms with Gasteiger partial charge in [-0.1, -0.05) is 76.2 Å². The number of nitrogens with zero attached hydrogens (tertiary/aromatic N) is 2. The van der Waals surface area contributed by atoms with E-state index in [9.17, 15) is 18.0 Å². The largest absolute Gasteiger partial charge is 0.354 e. The van der Waals surface area contributed by atoms with Gasteiger partial charge in [-0.25, -0.2) is 8.42 Å². The lowest BCUT2D eigenvalue weighted by atomic mass is 10.1. The van der Waals surface area contributed by atoms with Gasteiger partial charge in [-0.3, -0.25) is 13.9 Å². The van der Waals surface area contributed by atoms with E-state index < -0.39 is 28.5 Å². The number of carbonyl (C=O) groups is 2. The van der Waals surface area contributed by atoms with Crippen LogP contribution < -0.4 is 9.62 Å². The maximum absolute atomic E-state index is 13.9. The number of rotatable bonds is 12. The minimum Gasteiger partial charge on any atom is -0.354 e. The van der Waals surface area contributed by atoms with Crippen molar-refractivity contribution in [2.45, 2.75) is 51.1 Å². The lowest BCUT2D eigenvalue weighted by Crippen LogP contribution is -2.51. The summed E-state index contributed by atoms with van der Waals surface area (Å²) in [6.45, 7) is 5.47. The van der Waals surface area contributed by atoms with Crippen LogP contribution in [0, 0.1) is 6.92 Å². The first kappa shape index (κ1) is 31.9. The Bertz CT molecular complexity index is 1430. The third-order valence-corrected chi connectivity index (χ3v) is 9.39. The van der Waals surface area contributed by atoms with Crippen molar-refractivity contribution in [3.63, 3.8) is 0 Å². The van der Waals surface area contributed by atoms with Crippen LogP contribution in [-0.2, 0) is 26.2 Å². The van der Waals surface area contributed by atoms with E-state index in [0.717, 1.165) is 27.2 Å². The van der Waals surface area contributed by atoms with Crippen molar-refractivity contribution in [3.8, 4) is 0 Å². The van der Waals surface area contributed by atoms with Crippen LogP contribution in [-0.4, -0.2) is 44.3 Å². The number of halogens is 3. The molecule has 0 bridgehead atoms. The summed E-state index contributed by atoms with van der Waals surface area (Å²) in [5.74, 6) is -0.888. The molecule has 40 heavy (non-hydrogen) atoms. The first-order chi connectivity index (χ1) is 18.9. The highest BCUT2D eigenvalue weighted by atomic mass is 79.9. The number of unbranched alkanes of at least 4 members (excludes halogenated alkanes) is 1. The van der Waals surface area contributed by atoms with E-state index in [2.05, 4.69) is 21.2 Å². The molecule has 0 radical (unpaired) electrons. The molecule has 0 spiro atoms. The smallest absolute Gasteiger partial charge is 0.264 e. The fourth-order valence-corrected chi connectivity index (χ4v) is 5.93. The highest BCUT2D eigenvalue weighted by molar-refractivity contribution is 9.10. The van der Waals surface area contributed by atoms with Gasteiger partial charge in [0.15, 0.2) is 0 Å². The van der Waals surface area contributed by atoms with Crippen molar-refractivity contribution in [1.29, 1.82) is 0 Å². The number of nitrogens with one attached hydrogen (secondary N) is 1. The Kier molecular flexibility index (Phi) is 11.5. The Balaban J connectivity index is 2.01. The van der Waals surface area contributed by atoms with Crippen molar-refractivity contribution in [2.75, 3.05) is 17.4 Å². The number of sulfonamides is 1. The minimum absolute atomic E-state index is 0.0246. The molecule has 0 saturated heterocycles. The molecule has 11 heteroatoms. The summed E-state index contributed by atoms with van der Waals surface area (Å²) in [5, 5.41) is 3.53. The molecular weight excluding hydrogens is 637 g/mol. The lowest BCUT2D eigenvalue weighted by Gasteiger charge is -2.32. The summed E-state index contributed by atoms with van der Waals surface area (Å²) in [7, 11) is -4.13. The normalized spacial score (nSPS) is 12.1. The Morgan fingerprint density at radius 2 is 1.62 bits per heavy atom. The van der Waals surface area contributed by atoms with Crippen LogP contribution in [0.4, 0.5) is 5.69 Å². The topological polar surface area (TPSA) is 86.8 Å². The molecule has 0 fully saturated rings. The van der Waals surface area contributed by atoms with Gasteiger partial charge in [0.25, 0.3) is 10.0 Å². The maximum atomic E-state index is 13.9. The molecule has 2 amide bonds. The van der Waals surface area contributed by atoms with Crippen LogP contribution in [0.2, 0.25) is 10.0 Å². The molecule has 1 N–H and O–H groups in total. The van der Waals surface area contributed by atoms with Crippen molar-refractivity contribution in [1.82, 2.24) is 10.2 Å². The summed E-state index contributed by atoms with van der Waals surface area (Å²) in [4.78, 5) is 28.4. The zero-order valence-electron chi connectivity index (χ0n) is 22.5. The van der Waals surface area contributed by atoms with Gasteiger partial charge in [0.05, 0.1) is 20.6 Å². The molecular formula is C29H32BrCl2N3O4S. The molecule has 3 aromatic carbocycles. The van der Waals surface area contributed by atoms with Crippen LogP contribution in [0.1, 0.15) is 37.8 Å². The van der Waals surface area contributed by atoms with Crippen LogP contribution >= 0.6 is 39.1 Å². The Hall–Kier alpha value is -2.59. The molecule has 3 aromatic rings. The van der Waals surface area contributed by atoms with E-state index >= 15 is 0 Å². The predicted octanol–water partition coefficient (Wildman–Crippen LogP) is 6.59. The number of benzene rings is 3. The van der Waals surface area contributed by atoms with E-state index in [1.54, 1.807) is 61.5 Å². The third-order valence-electron chi connectivity index (χ3n) is 6.34. The van der Waals surface area contributed by atoms with Crippen molar-refractivity contribution in [3.05, 3.63) is 92.4 Å². The molecule has 0 heterocycles. The first-order valence-corrected chi connectivity index (χ1v) is 15.8. The summed E-state index contributed by atoms with van der Waals surface area (Å²) in [6.07, 6.45) is 1.70. The zero-order valence-corrected chi connectivity index (χ0v) is 26.4. The second-order valence-electron chi connectivity index (χ2n) is 9.39. The standard InChI is InChI=1S/C29H32BrCl2N3O4S/c1-4-5-16-33-29(37)21(3)34(18-22-8-15-26(31)27(32)17-22)28(36)19-35(24-11-9-23(30)10-12-24)40(38,39)25-13-6-20(2)7-14-25/h6-15,17,21H,4-5,16,18-19H2,1-3H3,(H,33,37). The van der Waals surface area contributed by atoms with Crippen LogP contribution in [0.3, 0.4) is 0 Å². The van der Waals surface area contributed by atoms with E-state index in [0.29, 0.717) is 27.8 Å². The molecule has 0 aliphatic heterocycles. The molecule has 0 aliphatic carbocycles. The molecule has 3 rings (SSSR count). The van der Waals surface area contributed by atoms with Crippen molar-refractivity contribution >= 4 is 66.7 Å². The molecule has 7 nitrogen and oxygen atoms in total. The number of amides is 2. The molecule has 1 atom stereocenters. The fourth-order valence-electron chi connectivity index (χ4n) is 3.93. The number of hydrogen-bond donors (Lipinski definition) is 1. The van der Waals surface area contributed by atoms with Gasteiger partial charge < -0.3 is 10.2 Å². The van der Waals surface area contributed by atoms with Crippen LogP contribution in [0.15, 0.2) is 76.1 Å². The monoisotopic (exact) mass is 667 g/mol. The van der Waals surface area contributed by atoms with E-state index in [1.165, 1.54) is 17.0 Å². The average molecular weight is 669 g/mol. The lowest BCUT2D eigenvalue weighted by molar-refractivity contribution is -0.139. The number of anilines is 1. The number of aryl methyl sites for hydroxylation is 1. The van der Waals surface area contributed by atoms with Crippen LogP contribution in [0.5, 0.6) is 0 Å². The summed E-state index contributed by atoms with van der Waals surface area (Å²) < 4.78 is 29.5. The van der Waals surface area contributed by atoms with Gasteiger partial charge in [-0.2, -0.15) is 0 Å². The molecule has 0 aliphatic rings. The van der Waals surface area contributed by atoms with E-state index in [1.807, 2.05) is 13.8 Å². The molecule has 1 unspecified atom stereocenters. The molecule has 214 valence electrons. The first-order valence-electron chi connectivity index (χ1n) is 12.8. The Labute approximate surface area is 254 Å². The summed E-state index contributed by atoms with van der Waals surface area (Å²) >= 11 is 15.7. The number of carbonyl (C=O) groups excluding carboxylic acids is 2. The fraction of sp³-hybridized carbons (Fsp3) is 0.310. The van der Waals surface area contributed by atoms with Gasteiger partial charge in [-0.05, 0) is 74.4 Å². The maximum Gasteiger partial charge on any atom is 0.264 e. The van der Waals surface area contributed by atoms with Gasteiger partial charge in [-0.15, -0.1) is 0 Å². The minimum atomic E-state index is -4.13. The van der Waals surface area contributed by atoms with Crippen molar-refractivity contribution in [2.24, 2.45) is 0 Å². The van der Waals surface area contributed by atoms with Gasteiger partial charge >= 0.3 is 0 Å². The van der Waals surface area contributed by atoms with E-state index in [4.69, 9.17) is 23.2 Å². The third kappa shape index (κ3) is 8.22. The second-order valence-corrected chi connectivity index (χ2v) is 13.0. The predicted molar refractivity (Wildman–Crippen MR) is 164 cm³/mol. The molecule has 0 saturated carbocycles. The van der Waals surface area contributed by atoms with Gasteiger partial charge in [0.2, 0.25) is 11.8 Å². The number of hydrogen-bond acceptors (Lipinski definition) is 4. The Morgan fingerprint density at radius 3 is 2.23 bits per heavy atom. The highest BCUT2D eigenvalue weighted by Gasteiger charge is 2.32. The quantitative estimate of drug-likeness (QED) is 0.221. The summed E-state index contributed by atoms with van der Waals surface area (Å²) in [5.41, 5.74) is 1.86. The zero-order chi connectivity index (χ0) is 29.4. The van der Waals surface area contributed by atoms with Gasteiger partial charge in [0.1, 0.15) is 12.6 Å². The van der Waals surface area contributed by atoms with E-state index in [-0.39, 0.29) is 17.3 Å². The summed E-state index contributed by atoms with van der Waals surface area (Å²) in [6, 6.07) is 17.1. The molecule has 0 aromatic heterocycles. The van der Waals surface area contributed by atoms with Crippen LogP contribution in [0.25, 0.3) is 0 Å². The highest BCUT2D eigenvalue weighted by Crippen LogP contribution is 2.27. The van der Waals surface area contributed by atoms with Crippen molar-refractivity contribution < 1.29 is 18.0 Å².